The molecule has 8 nitrogen and oxygen atoms in total. The number of aliphatic hydroxyl groups excluding tert-OH is 1. The summed E-state index contributed by atoms with van der Waals surface area (Å²) in [6.07, 6.45) is 3.78. The molecule has 0 radical (unpaired) electrons. The molecular weight excluding hydrogens is 488 g/mol. The summed E-state index contributed by atoms with van der Waals surface area (Å²) in [5, 5.41) is 23.1. The molecule has 0 aromatic heterocycles. The fourth-order valence-corrected chi connectivity index (χ4v) is 9.85. The van der Waals surface area contributed by atoms with Crippen LogP contribution in [0.2, 0.25) is 0 Å². The van der Waals surface area contributed by atoms with Crippen LogP contribution in [0, 0.1) is 34.5 Å². The first-order valence-corrected chi connectivity index (χ1v) is 14.1. The van der Waals surface area contributed by atoms with Crippen LogP contribution in [0.1, 0.15) is 73.6 Å². The fraction of sp³-hybridized carbons (Fsp3) is 0.767. The van der Waals surface area contributed by atoms with Crippen LogP contribution in [0.25, 0.3) is 0 Å². The van der Waals surface area contributed by atoms with Crippen molar-refractivity contribution in [1.29, 1.82) is 0 Å². The highest BCUT2D eigenvalue weighted by molar-refractivity contribution is 5.98. The van der Waals surface area contributed by atoms with Crippen molar-refractivity contribution in [3.63, 3.8) is 0 Å². The molecular formula is C30H40O8. The quantitative estimate of drug-likeness (QED) is 0.423. The molecule has 0 amide bonds. The minimum atomic E-state index is -1.25. The molecule has 2 heterocycles. The average molecular weight is 529 g/mol. The Balaban J connectivity index is 1.38. The Morgan fingerprint density at radius 1 is 1.16 bits per heavy atom. The fourth-order valence-electron chi connectivity index (χ4n) is 9.85. The van der Waals surface area contributed by atoms with E-state index in [9.17, 15) is 24.6 Å². The van der Waals surface area contributed by atoms with Crippen LogP contribution < -0.4 is 0 Å². The van der Waals surface area contributed by atoms with Gasteiger partial charge in [0.05, 0.1) is 5.41 Å². The average Bonchev–Trinajstić information content (AvgIpc) is 3.50. The Morgan fingerprint density at radius 3 is 2.53 bits per heavy atom. The Bertz CT molecular complexity index is 1170. The number of hydrogen-bond donors (Lipinski definition) is 2. The molecule has 6 rings (SSSR count). The molecule has 0 aromatic rings. The molecule has 0 bridgehead atoms. The lowest BCUT2D eigenvalue weighted by molar-refractivity contribution is -0.195. The lowest BCUT2D eigenvalue weighted by Crippen LogP contribution is -2.68. The molecule has 0 unspecified atom stereocenters. The molecule has 0 aromatic carbocycles. The lowest BCUT2D eigenvalue weighted by Gasteiger charge is -2.60. The Labute approximate surface area is 223 Å². The molecule has 4 aliphatic carbocycles. The van der Waals surface area contributed by atoms with Crippen molar-refractivity contribution in [2.45, 2.75) is 109 Å². The summed E-state index contributed by atoms with van der Waals surface area (Å²) in [4.78, 5) is 38.4. The first-order chi connectivity index (χ1) is 17.7. The third-order valence-corrected chi connectivity index (χ3v) is 12.0. The highest BCUT2D eigenvalue weighted by atomic mass is 16.7. The molecule has 6 aliphatic rings. The number of esters is 2. The zero-order chi connectivity index (χ0) is 27.6. The molecule has 38 heavy (non-hydrogen) atoms. The lowest BCUT2D eigenvalue weighted by atomic mass is 9.43. The van der Waals surface area contributed by atoms with E-state index in [1.54, 1.807) is 13.8 Å². The van der Waals surface area contributed by atoms with Crippen molar-refractivity contribution in [2.75, 3.05) is 0 Å². The Morgan fingerprint density at radius 2 is 1.87 bits per heavy atom. The van der Waals surface area contributed by atoms with Gasteiger partial charge in [-0.05, 0) is 88.7 Å². The van der Waals surface area contributed by atoms with Crippen LogP contribution in [0.5, 0.6) is 0 Å². The summed E-state index contributed by atoms with van der Waals surface area (Å²) in [6, 6.07) is 0. The van der Waals surface area contributed by atoms with E-state index in [2.05, 4.69) is 6.92 Å². The predicted molar refractivity (Wildman–Crippen MR) is 135 cm³/mol. The second-order valence-corrected chi connectivity index (χ2v) is 13.5. The smallest absolute Gasteiger partial charge is 0.334 e. The third kappa shape index (κ3) is 3.05. The van der Waals surface area contributed by atoms with E-state index >= 15 is 0 Å². The minimum absolute atomic E-state index is 0.0431. The van der Waals surface area contributed by atoms with Crippen molar-refractivity contribution < 1.29 is 38.8 Å². The maximum absolute atomic E-state index is 13.5. The van der Waals surface area contributed by atoms with Crippen molar-refractivity contribution in [1.82, 2.24) is 0 Å². The number of ether oxygens (including phenoxy) is 3. The van der Waals surface area contributed by atoms with Gasteiger partial charge in [0.15, 0.2) is 5.78 Å². The second-order valence-electron chi connectivity index (χ2n) is 13.5. The summed E-state index contributed by atoms with van der Waals surface area (Å²) in [5.74, 6) is -1.19. The van der Waals surface area contributed by atoms with Crippen LogP contribution >= 0.6 is 0 Å². The number of aliphatic hydroxyl groups is 2. The number of allylic oxidation sites excluding steroid dienone is 1. The van der Waals surface area contributed by atoms with Crippen LogP contribution in [0.4, 0.5) is 0 Å². The van der Waals surface area contributed by atoms with Crippen LogP contribution in [-0.2, 0) is 28.6 Å². The molecule has 2 aliphatic heterocycles. The largest absolute Gasteiger partial charge is 0.459 e. The number of epoxide rings is 1. The number of ketones is 1. The van der Waals surface area contributed by atoms with Gasteiger partial charge in [-0.25, -0.2) is 4.79 Å². The van der Waals surface area contributed by atoms with E-state index in [1.807, 2.05) is 13.8 Å². The van der Waals surface area contributed by atoms with Crippen molar-refractivity contribution >= 4 is 17.7 Å². The first kappa shape index (κ1) is 26.2. The molecule has 208 valence electrons. The third-order valence-electron chi connectivity index (χ3n) is 12.0. The molecule has 1 saturated heterocycles. The normalized spacial score (nSPS) is 50.7. The van der Waals surface area contributed by atoms with E-state index in [0.717, 1.165) is 24.8 Å². The standard InChI is InChI=1S/C30H40O8/c1-14-13-22(37-26(34)15(14)2)29(6,35)19-8-7-17-23-18(11-12-27(17,19)4)28(5)20(32)9-10-21(33)30(28)25(38-30)24(23)36-16(3)31/h9-10,17-19,21-25,33,35H,7-8,11-13H2,1-6H3/t17-,18-,19-,21-,22+,23+,24+,25+,27-,28-,29+,30+/m0/s1. The molecule has 8 heteroatoms. The zero-order valence-corrected chi connectivity index (χ0v) is 23.2. The molecule has 1 spiro atoms. The van der Waals surface area contributed by atoms with Gasteiger partial charge in [0, 0.05) is 24.8 Å². The maximum atomic E-state index is 13.5. The highest BCUT2D eigenvalue weighted by Gasteiger charge is 2.84. The number of hydrogen-bond acceptors (Lipinski definition) is 8. The van der Waals surface area contributed by atoms with E-state index < -0.39 is 47.0 Å². The second kappa shape index (κ2) is 8.01. The summed E-state index contributed by atoms with van der Waals surface area (Å²) < 4.78 is 18.0. The van der Waals surface area contributed by atoms with Crippen molar-refractivity contribution in [3.05, 3.63) is 23.3 Å². The summed E-state index contributed by atoms with van der Waals surface area (Å²) in [5.41, 5.74) is -2.02. The number of fused-ring (bicyclic) bond motifs is 4. The van der Waals surface area contributed by atoms with Crippen LogP contribution in [-0.4, -0.2) is 63.6 Å². The van der Waals surface area contributed by atoms with Gasteiger partial charge in [0.25, 0.3) is 0 Å². The van der Waals surface area contributed by atoms with Gasteiger partial charge >= 0.3 is 11.9 Å². The predicted octanol–water partition coefficient (Wildman–Crippen LogP) is 3.04. The van der Waals surface area contributed by atoms with Gasteiger partial charge < -0.3 is 24.4 Å². The zero-order valence-electron chi connectivity index (χ0n) is 23.2. The van der Waals surface area contributed by atoms with E-state index in [0.29, 0.717) is 18.4 Å². The van der Waals surface area contributed by atoms with E-state index in [4.69, 9.17) is 14.2 Å². The number of carbonyl (C=O) groups is 3. The Hall–Kier alpha value is -2.03. The molecule has 2 N–H and O–H groups in total. The first-order valence-electron chi connectivity index (χ1n) is 14.1. The molecule has 4 fully saturated rings. The Kier molecular flexibility index (Phi) is 5.53. The SMILES string of the molecule is CC(=O)O[C@@H]1[C@@H]2[C@@H]3CC[C@H]([C@@](C)(O)[C@H]4CC(C)=C(C)C(=O)O4)[C@@]3(C)CC[C@@H]2[C@@]2(C)C(=O)C=C[C@H](O)[C@]23O[C@H]13. The summed E-state index contributed by atoms with van der Waals surface area (Å²) in [7, 11) is 0. The highest BCUT2D eigenvalue weighted by Crippen LogP contribution is 2.73. The van der Waals surface area contributed by atoms with Crippen molar-refractivity contribution in [3.8, 4) is 0 Å². The van der Waals surface area contributed by atoms with Gasteiger partial charge in [-0.3, -0.25) is 9.59 Å². The van der Waals surface area contributed by atoms with Crippen LogP contribution in [0.3, 0.4) is 0 Å². The van der Waals surface area contributed by atoms with Gasteiger partial charge in [-0.1, -0.05) is 12.5 Å². The van der Waals surface area contributed by atoms with Gasteiger partial charge in [0.1, 0.15) is 35.6 Å². The minimum Gasteiger partial charge on any atom is -0.459 e. The monoisotopic (exact) mass is 528 g/mol. The summed E-state index contributed by atoms with van der Waals surface area (Å²) in [6.45, 7) is 11.0. The van der Waals surface area contributed by atoms with Gasteiger partial charge in [0.2, 0.25) is 0 Å². The van der Waals surface area contributed by atoms with E-state index in [-0.39, 0.29) is 40.8 Å². The van der Waals surface area contributed by atoms with Crippen molar-refractivity contribution in [2.24, 2.45) is 34.5 Å². The maximum Gasteiger partial charge on any atom is 0.334 e. The number of cyclic esters (lactones) is 1. The summed E-state index contributed by atoms with van der Waals surface area (Å²) >= 11 is 0. The number of rotatable bonds is 3. The molecule has 3 saturated carbocycles. The van der Waals surface area contributed by atoms with Crippen LogP contribution in [0.15, 0.2) is 23.3 Å². The van der Waals surface area contributed by atoms with Gasteiger partial charge in [-0.15, -0.1) is 0 Å². The number of carbonyl (C=O) groups excluding carboxylic acids is 3. The topological polar surface area (TPSA) is 123 Å². The van der Waals surface area contributed by atoms with Gasteiger partial charge in [-0.2, -0.15) is 0 Å². The molecule has 12 atom stereocenters. The van der Waals surface area contributed by atoms with E-state index in [1.165, 1.54) is 19.1 Å².